The van der Waals surface area contributed by atoms with Crippen molar-refractivity contribution >= 4 is 37.5 Å². The Hall–Kier alpha value is -1.40. The zero-order valence-corrected chi connectivity index (χ0v) is 13.8. The van der Waals surface area contributed by atoms with Gasteiger partial charge >= 0.3 is 0 Å². The molecule has 0 aliphatic rings. The number of phenols is 2. The van der Waals surface area contributed by atoms with Crippen molar-refractivity contribution in [1.29, 1.82) is 0 Å². The van der Waals surface area contributed by atoms with E-state index in [9.17, 15) is 10.2 Å². The molecule has 0 atom stereocenters. The first kappa shape index (κ1) is 15.0. The van der Waals surface area contributed by atoms with Crippen LogP contribution in [0.3, 0.4) is 0 Å². The Morgan fingerprint density at radius 3 is 2.60 bits per heavy atom. The summed E-state index contributed by atoms with van der Waals surface area (Å²) < 4.78 is 6.95. The minimum Gasteiger partial charge on any atom is -0.504 e. The number of para-hydroxylation sites is 1. The van der Waals surface area contributed by atoms with Gasteiger partial charge in [0.25, 0.3) is 0 Å². The molecule has 0 spiro atoms. The molecule has 0 unspecified atom stereocenters. The maximum Gasteiger partial charge on any atom is 0.162 e. The highest BCUT2D eigenvalue weighted by atomic mass is 79.9. The van der Waals surface area contributed by atoms with Gasteiger partial charge in [-0.3, -0.25) is 0 Å². The van der Waals surface area contributed by atoms with Crippen molar-refractivity contribution in [1.82, 2.24) is 0 Å². The van der Waals surface area contributed by atoms with Gasteiger partial charge in [0.2, 0.25) is 0 Å². The third-order valence-corrected chi connectivity index (χ3v) is 4.08. The second-order valence-corrected chi connectivity index (χ2v) is 5.81. The standard InChI is InChI=1S/C14H13Br2NO3/c1-20-13-6-11(9(15)5-10(13)16)17-7-8-3-2-4-12(18)14(8)19/h2-6,17-19H,7H2,1H3. The van der Waals surface area contributed by atoms with E-state index in [1.165, 1.54) is 6.07 Å². The molecule has 0 heterocycles. The average Bonchev–Trinajstić information content (AvgIpc) is 2.42. The predicted octanol–water partition coefficient (Wildman–Crippen LogP) is 4.24. The summed E-state index contributed by atoms with van der Waals surface area (Å²) in [4.78, 5) is 0. The molecule has 6 heteroatoms. The number of benzene rings is 2. The third kappa shape index (κ3) is 3.19. The number of aromatic hydroxyl groups is 2. The van der Waals surface area contributed by atoms with Gasteiger partial charge in [-0.25, -0.2) is 0 Å². The smallest absolute Gasteiger partial charge is 0.162 e. The SMILES string of the molecule is COc1cc(NCc2cccc(O)c2O)c(Br)cc1Br. The van der Waals surface area contributed by atoms with Gasteiger partial charge in [0.1, 0.15) is 5.75 Å². The van der Waals surface area contributed by atoms with Gasteiger partial charge in [-0.2, -0.15) is 0 Å². The van der Waals surface area contributed by atoms with Crippen LogP contribution in [-0.4, -0.2) is 17.3 Å². The lowest BCUT2D eigenvalue weighted by Gasteiger charge is -2.13. The number of methoxy groups -OCH3 is 1. The molecular formula is C14H13Br2NO3. The van der Waals surface area contributed by atoms with Gasteiger partial charge in [-0.1, -0.05) is 12.1 Å². The number of hydrogen-bond donors (Lipinski definition) is 3. The van der Waals surface area contributed by atoms with Crippen LogP contribution in [0.25, 0.3) is 0 Å². The average molecular weight is 403 g/mol. The van der Waals surface area contributed by atoms with Crippen LogP contribution in [0.15, 0.2) is 39.3 Å². The van der Waals surface area contributed by atoms with Gasteiger partial charge < -0.3 is 20.3 Å². The van der Waals surface area contributed by atoms with E-state index < -0.39 is 0 Å². The number of ether oxygens (including phenoxy) is 1. The Morgan fingerprint density at radius 1 is 1.15 bits per heavy atom. The summed E-state index contributed by atoms with van der Waals surface area (Å²) in [6.45, 7) is 0.379. The summed E-state index contributed by atoms with van der Waals surface area (Å²) in [5, 5.41) is 22.4. The van der Waals surface area contributed by atoms with Crippen LogP contribution in [0.2, 0.25) is 0 Å². The summed E-state index contributed by atoms with van der Waals surface area (Å²) in [6.07, 6.45) is 0. The Balaban J connectivity index is 2.21. The van der Waals surface area contributed by atoms with Crippen molar-refractivity contribution in [3.8, 4) is 17.2 Å². The number of rotatable bonds is 4. The monoisotopic (exact) mass is 401 g/mol. The van der Waals surface area contributed by atoms with Crippen LogP contribution in [0.1, 0.15) is 5.56 Å². The van der Waals surface area contributed by atoms with Crippen molar-refractivity contribution in [2.75, 3.05) is 12.4 Å². The van der Waals surface area contributed by atoms with Gasteiger partial charge in [0.15, 0.2) is 11.5 Å². The first-order valence-electron chi connectivity index (χ1n) is 5.79. The van der Waals surface area contributed by atoms with Crippen LogP contribution in [0.5, 0.6) is 17.2 Å². The highest BCUT2D eigenvalue weighted by Crippen LogP contribution is 2.35. The largest absolute Gasteiger partial charge is 0.504 e. The van der Waals surface area contributed by atoms with Gasteiger partial charge in [0.05, 0.1) is 17.3 Å². The molecule has 0 saturated carbocycles. The number of nitrogens with one attached hydrogen (secondary N) is 1. The van der Waals surface area contributed by atoms with Crippen molar-refractivity contribution in [2.24, 2.45) is 0 Å². The number of hydrogen-bond acceptors (Lipinski definition) is 4. The van der Waals surface area contributed by atoms with Crippen LogP contribution in [0.4, 0.5) is 5.69 Å². The van der Waals surface area contributed by atoms with Gasteiger partial charge in [0, 0.05) is 22.6 Å². The molecule has 2 aromatic carbocycles. The molecule has 0 radical (unpaired) electrons. The summed E-state index contributed by atoms with van der Waals surface area (Å²) in [6, 6.07) is 8.59. The van der Waals surface area contributed by atoms with Crippen LogP contribution in [-0.2, 0) is 6.54 Å². The fourth-order valence-electron chi connectivity index (χ4n) is 1.73. The second kappa shape index (κ2) is 6.37. The minimum atomic E-state index is -0.128. The molecule has 0 amide bonds. The molecule has 2 rings (SSSR count). The Bertz CT molecular complexity index is 632. The van der Waals surface area contributed by atoms with E-state index in [1.807, 2.05) is 12.1 Å². The third-order valence-electron chi connectivity index (χ3n) is 2.81. The predicted molar refractivity (Wildman–Crippen MR) is 85.5 cm³/mol. The fraction of sp³-hybridized carbons (Fsp3) is 0.143. The van der Waals surface area contributed by atoms with E-state index in [0.717, 1.165) is 14.6 Å². The molecule has 0 bridgehead atoms. The Labute approximate surface area is 133 Å². The lowest BCUT2D eigenvalue weighted by molar-refractivity contribution is 0.400. The van der Waals surface area contributed by atoms with E-state index in [2.05, 4.69) is 37.2 Å². The van der Waals surface area contributed by atoms with E-state index >= 15 is 0 Å². The normalized spacial score (nSPS) is 10.3. The molecule has 0 fully saturated rings. The molecule has 20 heavy (non-hydrogen) atoms. The maximum absolute atomic E-state index is 9.76. The van der Waals surface area contributed by atoms with E-state index in [1.54, 1.807) is 19.2 Å². The lowest BCUT2D eigenvalue weighted by Crippen LogP contribution is -2.01. The summed E-state index contributed by atoms with van der Waals surface area (Å²) in [7, 11) is 1.60. The molecule has 0 aromatic heterocycles. The zero-order valence-electron chi connectivity index (χ0n) is 10.7. The molecule has 0 aliphatic heterocycles. The zero-order chi connectivity index (χ0) is 14.7. The topological polar surface area (TPSA) is 61.7 Å². The molecule has 3 N–H and O–H groups in total. The summed E-state index contributed by atoms with van der Waals surface area (Å²) in [5.41, 5.74) is 1.44. The van der Waals surface area contributed by atoms with Gasteiger partial charge in [-0.05, 0) is 44.0 Å². The highest BCUT2D eigenvalue weighted by molar-refractivity contribution is 9.11. The maximum atomic E-state index is 9.76. The van der Waals surface area contributed by atoms with Crippen molar-refractivity contribution in [3.05, 3.63) is 44.8 Å². The Kier molecular flexibility index (Phi) is 4.77. The number of phenolic OH excluding ortho intramolecular Hbond substituents is 2. The van der Waals surface area contributed by atoms with E-state index in [4.69, 9.17) is 4.74 Å². The number of halogens is 2. The van der Waals surface area contributed by atoms with Gasteiger partial charge in [-0.15, -0.1) is 0 Å². The van der Waals surface area contributed by atoms with Crippen LogP contribution in [0, 0.1) is 0 Å². The summed E-state index contributed by atoms with van der Waals surface area (Å²) >= 11 is 6.86. The first-order chi connectivity index (χ1) is 9.52. The Morgan fingerprint density at radius 2 is 1.90 bits per heavy atom. The highest BCUT2D eigenvalue weighted by Gasteiger charge is 2.09. The lowest BCUT2D eigenvalue weighted by atomic mass is 10.2. The molecular weight excluding hydrogens is 390 g/mol. The minimum absolute atomic E-state index is 0.111. The fourth-order valence-corrected chi connectivity index (χ4v) is 3.03. The number of anilines is 1. The first-order valence-corrected chi connectivity index (χ1v) is 7.38. The van der Waals surface area contributed by atoms with E-state index in [-0.39, 0.29) is 11.5 Å². The van der Waals surface area contributed by atoms with Crippen molar-refractivity contribution in [3.63, 3.8) is 0 Å². The molecule has 106 valence electrons. The van der Waals surface area contributed by atoms with Crippen molar-refractivity contribution in [2.45, 2.75) is 6.54 Å². The molecule has 2 aromatic rings. The summed E-state index contributed by atoms with van der Waals surface area (Å²) in [5.74, 6) is 0.466. The molecule has 0 aliphatic carbocycles. The second-order valence-electron chi connectivity index (χ2n) is 4.11. The quantitative estimate of drug-likeness (QED) is 0.669. The van der Waals surface area contributed by atoms with E-state index in [0.29, 0.717) is 17.9 Å². The van der Waals surface area contributed by atoms with Crippen LogP contribution >= 0.6 is 31.9 Å². The molecule has 4 nitrogen and oxygen atoms in total. The van der Waals surface area contributed by atoms with Crippen molar-refractivity contribution < 1.29 is 14.9 Å². The van der Waals surface area contributed by atoms with Crippen LogP contribution < -0.4 is 10.1 Å². The molecule has 0 saturated heterocycles.